The van der Waals surface area contributed by atoms with E-state index in [-0.39, 0.29) is 6.04 Å². The Labute approximate surface area is 158 Å². The average molecular weight is 366 g/mol. The molecule has 1 atom stereocenters. The maximum absolute atomic E-state index is 13.7. The fourth-order valence-corrected chi connectivity index (χ4v) is 4.07. The third kappa shape index (κ3) is 2.98. The number of hydrogen-bond acceptors (Lipinski definition) is 1. The molecule has 2 aromatic carbocycles. The van der Waals surface area contributed by atoms with Crippen molar-refractivity contribution in [3.63, 3.8) is 0 Å². The van der Waals surface area contributed by atoms with Crippen LogP contribution in [0.4, 0.5) is 8.78 Å². The largest absolute Gasteiger partial charge is 0.318 e. The molecule has 0 N–H and O–H groups in total. The minimum atomic E-state index is -0.818. The monoisotopic (exact) mass is 366 g/mol. The van der Waals surface area contributed by atoms with Crippen LogP contribution in [0.15, 0.2) is 36.4 Å². The highest BCUT2D eigenvalue weighted by atomic mass is 19.2. The maximum atomic E-state index is 13.7. The molecule has 0 fully saturated rings. The van der Waals surface area contributed by atoms with Crippen LogP contribution in [0.5, 0.6) is 0 Å². The molecule has 4 rings (SSSR count). The summed E-state index contributed by atoms with van der Waals surface area (Å²) in [5.74, 6) is -1.63. The van der Waals surface area contributed by atoms with Crippen LogP contribution in [0.25, 0.3) is 22.7 Å². The van der Waals surface area contributed by atoms with Gasteiger partial charge in [-0.05, 0) is 75.2 Å². The molecule has 1 aliphatic rings. The standard InChI is InChI=1S/C23H24F2N2/c1-14-5-8-22-19(11-14)18-9-10-26(4)16(3)23(18)27(22)13-15(2)17-6-7-20(24)21(25)12-17/h5-8,11-13,16H,9-10H2,1-4H3/b15-13-. The molecule has 0 aliphatic carbocycles. The van der Waals surface area contributed by atoms with Crippen molar-refractivity contribution in [2.24, 2.45) is 0 Å². The Balaban J connectivity index is 1.94. The van der Waals surface area contributed by atoms with E-state index in [4.69, 9.17) is 0 Å². The second-order valence-corrected chi connectivity index (χ2v) is 7.60. The number of fused-ring (bicyclic) bond motifs is 3. The minimum Gasteiger partial charge on any atom is -0.318 e. The Bertz CT molecular complexity index is 1060. The number of nitrogens with zero attached hydrogens (tertiary/aromatic N) is 2. The molecule has 4 heteroatoms. The highest BCUT2D eigenvalue weighted by Gasteiger charge is 2.27. The molecule has 0 saturated heterocycles. The first kappa shape index (κ1) is 17.9. The molecule has 2 nitrogen and oxygen atoms in total. The topological polar surface area (TPSA) is 8.17 Å². The predicted molar refractivity (Wildman–Crippen MR) is 108 cm³/mol. The molecule has 1 aromatic heterocycles. The van der Waals surface area contributed by atoms with Crippen molar-refractivity contribution in [2.75, 3.05) is 13.6 Å². The van der Waals surface area contributed by atoms with Gasteiger partial charge in [-0.15, -0.1) is 0 Å². The molecular formula is C23H24F2N2. The quantitative estimate of drug-likeness (QED) is 0.557. The Hall–Kier alpha value is -2.46. The fourth-order valence-electron chi connectivity index (χ4n) is 4.07. The first-order valence-corrected chi connectivity index (χ1v) is 9.34. The molecule has 27 heavy (non-hydrogen) atoms. The summed E-state index contributed by atoms with van der Waals surface area (Å²) < 4.78 is 29.2. The molecule has 0 bridgehead atoms. The van der Waals surface area contributed by atoms with Crippen LogP contribution in [0.1, 0.15) is 42.3 Å². The van der Waals surface area contributed by atoms with E-state index in [1.54, 1.807) is 6.07 Å². The zero-order valence-electron chi connectivity index (χ0n) is 16.2. The number of aryl methyl sites for hydroxylation is 1. The van der Waals surface area contributed by atoms with E-state index in [1.165, 1.54) is 34.3 Å². The van der Waals surface area contributed by atoms with Crippen LogP contribution in [0.2, 0.25) is 0 Å². The summed E-state index contributed by atoms with van der Waals surface area (Å²) in [7, 11) is 2.15. The van der Waals surface area contributed by atoms with E-state index in [1.807, 2.05) is 6.92 Å². The Morgan fingerprint density at radius 2 is 1.89 bits per heavy atom. The number of likely N-dealkylation sites (N-methyl/N-ethyl adjacent to an activating group) is 1. The summed E-state index contributed by atoms with van der Waals surface area (Å²) in [5, 5.41) is 1.29. The Morgan fingerprint density at radius 1 is 1.11 bits per heavy atom. The number of allylic oxidation sites excluding steroid dienone is 1. The van der Waals surface area contributed by atoms with Gasteiger partial charge in [-0.2, -0.15) is 0 Å². The van der Waals surface area contributed by atoms with Gasteiger partial charge in [0.2, 0.25) is 0 Å². The summed E-state index contributed by atoms with van der Waals surface area (Å²) in [6.07, 6.45) is 3.07. The van der Waals surface area contributed by atoms with E-state index in [2.05, 4.69) is 54.8 Å². The maximum Gasteiger partial charge on any atom is 0.159 e. The lowest BCUT2D eigenvalue weighted by atomic mass is 9.98. The lowest BCUT2D eigenvalue weighted by Gasteiger charge is -2.31. The lowest BCUT2D eigenvalue weighted by Crippen LogP contribution is -2.31. The highest BCUT2D eigenvalue weighted by molar-refractivity contribution is 5.90. The molecular weight excluding hydrogens is 342 g/mol. The first-order chi connectivity index (χ1) is 12.9. The normalized spacial score (nSPS) is 18.1. The van der Waals surface area contributed by atoms with Gasteiger partial charge >= 0.3 is 0 Å². The van der Waals surface area contributed by atoms with Gasteiger partial charge in [0, 0.05) is 29.9 Å². The third-order valence-electron chi connectivity index (χ3n) is 5.77. The summed E-state index contributed by atoms with van der Waals surface area (Å²) in [6.45, 7) is 7.31. The number of rotatable bonds is 2. The molecule has 140 valence electrons. The van der Waals surface area contributed by atoms with Crippen LogP contribution >= 0.6 is 0 Å². The third-order valence-corrected chi connectivity index (χ3v) is 5.77. The molecule has 0 saturated carbocycles. The molecule has 1 unspecified atom stereocenters. The van der Waals surface area contributed by atoms with Crippen molar-refractivity contribution in [3.05, 3.63) is 70.4 Å². The van der Waals surface area contributed by atoms with Crippen molar-refractivity contribution in [3.8, 4) is 0 Å². The van der Waals surface area contributed by atoms with Gasteiger partial charge in [-0.25, -0.2) is 8.78 Å². The highest BCUT2D eigenvalue weighted by Crippen LogP contribution is 2.37. The van der Waals surface area contributed by atoms with Crippen LogP contribution < -0.4 is 0 Å². The number of hydrogen-bond donors (Lipinski definition) is 0. The average Bonchev–Trinajstić information content (AvgIpc) is 2.94. The van der Waals surface area contributed by atoms with Crippen molar-refractivity contribution in [1.82, 2.24) is 9.47 Å². The minimum absolute atomic E-state index is 0.287. The molecule has 0 amide bonds. The SMILES string of the molecule is C/C(=C/n1c2c(c3cc(C)ccc31)CCN(C)C2C)c1ccc(F)c(F)c1. The molecule has 3 aromatic rings. The zero-order chi connectivity index (χ0) is 19.3. The van der Waals surface area contributed by atoms with Gasteiger partial charge in [0.25, 0.3) is 0 Å². The van der Waals surface area contributed by atoms with Crippen molar-refractivity contribution >= 4 is 22.7 Å². The van der Waals surface area contributed by atoms with Gasteiger partial charge in [0.05, 0.1) is 5.52 Å². The number of benzene rings is 2. The van der Waals surface area contributed by atoms with Crippen molar-refractivity contribution in [1.29, 1.82) is 0 Å². The van der Waals surface area contributed by atoms with E-state index in [0.717, 1.165) is 24.1 Å². The van der Waals surface area contributed by atoms with E-state index >= 15 is 0 Å². The van der Waals surface area contributed by atoms with Gasteiger partial charge in [-0.1, -0.05) is 17.7 Å². The predicted octanol–water partition coefficient (Wildman–Crippen LogP) is 5.79. The number of halogens is 2. The summed E-state index contributed by atoms with van der Waals surface area (Å²) in [4.78, 5) is 2.35. The van der Waals surface area contributed by atoms with E-state index in [0.29, 0.717) is 5.56 Å². The van der Waals surface area contributed by atoms with Crippen LogP contribution in [-0.4, -0.2) is 23.1 Å². The van der Waals surface area contributed by atoms with Crippen molar-refractivity contribution < 1.29 is 8.78 Å². The fraction of sp³-hybridized carbons (Fsp3) is 0.304. The lowest BCUT2D eigenvalue weighted by molar-refractivity contribution is 0.242. The van der Waals surface area contributed by atoms with Gasteiger partial charge in [-0.3, -0.25) is 4.90 Å². The first-order valence-electron chi connectivity index (χ1n) is 9.34. The van der Waals surface area contributed by atoms with Gasteiger partial charge in [0.1, 0.15) is 0 Å². The molecule has 0 radical (unpaired) electrons. The molecule has 0 spiro atoms. The molecule has 1 aliphatic heterocycles. The second kappa shape index (κ2) is 6.61. The van der Waals surface area contributed by atoms with E-state index in [9.17, 15) is 8.78 Å². The van der Waals surface area contributed by atoms with Crippen LogP contribution in [0, 0.1) is 18.6 Å². The van der Waals surface area contributed by atoms with Crippen LogP contribution in [-0.2, 0) is 6.42 Å². The van der Waals surface area contributed by atoms with Gasteiger partial charge < -0.3 is 4.57 Å². The number of aromatic nitrogens is 1. The summed E-state index contributed by atoms with van der Waals surface area (Å²) in [6, 6.07) is 10.9. The van der Waals surface area contributed by atoms with Gasteiger partial charge in [0.15, 0.2) is 11.6 Å². The van der Waals surface area contributed by atoms with Crippen LogP contribution in [0.3, 0.4) is 0 Å². The molecule has 2 heterocycles. The smallest absolute Gasteiger partial charge is 0.159 e. The Morgan fingerprint density at radius 3 is 2.63 bits per heavy atom. The zero-order valence-corrected chi connectivity index (χ0v) is 16.2. The summed E-state index contributed by atoms with van der Waals surface area (Å²) >= 11 is 0. The van der Waals surface area contributed by atoms with E-state index < -0.39 is 11.6 Å². The summed E-state index contributed by atoms with van der Waals surface area (Å²) in [5.41, 5.74) is 6.67. The Kier molecular flexibility index (Phi) is 4.39. The van der Waals surface area contributed by atoms with Crippen molar-refractivity contribution in [2.45, 2.75) is 33.2 Å². The second-order valence-electron chi connectivity index (χ2n) is 7.60.